The molecule has 1 aromatic heterocycles. The molecule has 0 spiro atoms. The largest absolute Gasteiger partial charge is 0.357 e. The van der Waals surface area contributed by atoms with E-state index in [2.05, 4.69) is 20.6 Å². The van der Waals surface area contributed by atoms with Gasteiger partial charge in [0.15, 0.2) is 5.82 Å². The van der Waals surface area contributed by atoms with Crippen LogP contribution in [-0.2, 0) is 4.79 Å². The van der Waals surface area contributed by atoms with Crippen molar-refractivity contribution in [1.29, 1.82) is 0 Å². The lowest BCUT2D eigenvalue weighted by molar-refractivity contribution is -0.126. The molecule has 98 valence electrons. The molecule has 2 rings (SSSR count). The molecular weight excluding hydrogens is 254 g/mol. The zero-order valence-corrected chi connectivity index (χ0v) is 11.4. The maximum atomic E-state index is 11.9. The molecule has 1 amide bonds. The molecule has 2 N–H and O–H groups in total. The quantitative estimate of drug-likeness (QED) is 0.834. The lowest BCUT2D eigenvalue weighted by Gasteiger charge is -2.42. The third-order valence-corrected chi connectivity index (χ3v) is 3.32. The van der Waals surface area contributed by atoms with Crippen LogP contribution in [0, 0.1) is 0 Å². The number of halogens is 1. The number of carbonyl (C=O) groups is 1. The lowest BCUT2D eigenvalue weighted by Crippen LogP contribution is -2.62. The predicted octanol–water partition coefficient (Wildman–Crippen LogP) is 0.886. The second kappa shape index (κ2) is 4.61. The fourth-order valence-corrected chi connectivity index (χ4v) is 2.13. The van der Waals surface area contributed by atoms with Crippen LogP contribution in [0.1, 0.15) is 13.8 Å². The van der Waals surface area contributed by atoms with E-state index in [0.29, 0.717) is 29.9 Å². The number of piperazine rings is 1. The normalized spacial score (nSPS) is 18.4. The maximum Gasteiger partial charge on any atom is 0.245 e. The molecule has 0 radical (unpaired) electrons. The Morgan fingerprint density at radius 1 is 1.56 bits per heavy atom. The van der Waals surface area contributed by atoms with E-state index in [0.717, 1.165) is 0 Å². The Labute approximate surface area is 111 Å². The van der Waals surface area contributed by atoms with Gasteiger partial charge in [0, 0.05) is 20.1 Å². The zero-order valence-electron chi connectivity index (χ0n) is 10.6. The van der Waals surface area contributed by atoms with Crippen LogP contribution >= 0.6 is 11.6 Å². The number of rotatable bonds is 2. The number of hydrogen-bond acceptors (Lipinski definition) is 5. The molecule has 1 fully saturated rings. The fourth-order valence-electron chi connectivity index (χ4n) is 1.94. The van der Waals surface area contributed by atoms with Gasteiger partial charge in [0.2, 0.25) is 11.9 Å². The first-order chi connectivity index (χ1) is 8.46. The van der Waals surface area contributed by atoms with Gasteiger partial charge < -0.3 is 15.5 Å². The Morgan fingerprint density at radius 2 is 2.28 bits per heavy atom. The van der Waals surface area contributed by atoms with E-state index in [9.17, 15) is 4.79 Å². The molecule has 1 aliphatic rings. The van der Waals surface area contributed by atoms with Crippen LogP contribution in [0.3, 0.4) is 0 Å². The van der Waals surface area contributed by atoms with Gasteiger partial charge in [0.25, 0.3) is 0 Å². The van der Waals surface area contributed by atoms with E-state index in [1.54, 1.807) is 7.05 Å². The van der Waals surface area contributed by atoms with Crippen molar-refractivity contribution < 1.29 is 4.79 Å². The summed E-state index contributed by atoms with van der Waals surface area (Å²) in [6, 6.07) is 0. The summed E-state index contributed by atoms with van der Waals surface area (Å²) in [5.74, 6) is 1.03. The predicted molar refractivity (Wildman–Crippen MR) is 71.0 cm³/mol. The van der Waals surface area contributed by atoms with Crippen molar-refractivity contribution in [3.8, 4) is 0 Å². The summed E-state index contributed by atoms with van der Waals surface area (Å²) >= 11 is 6.14. The minimum Gasteiger partial charge on any atom is -0.357 e. The SMILES string of the molecule is CNc1ncc(Cl)c(N2CCNC(=O)C2(C)C)n1. The number of amides is 1. The van der Waals surface area contributed by atoms with Gasteiger partial charge in [0.05, 0.1) is 6.20 Å². The minimum atomic E-state index is -0.679. The van der Waals surface area contributed by atoms with Crippen molar-refractivity contribution in [2.45, 2.75) is 19.4 Å². The molecule has 0 saturated carbocycles. The molecule has 1 saturated heterocycles. The topological polar surface area (TPSA) is 70.2 Å². The molecule has 18 heavy (non-hydrogen) atoms. The van der Waals surface area contributed by atoms with Crippen LogP contribution in [0.4, 0.5) is 11.8 Å². The van der Waals surface area contributed by atoms with Gasteiger partial charge in [-0.2, -0.15) is 4.98 Å². The fraction of sp³-hybridized carbons (Fsp3) is 0.545. The van der Waals surface area contributed by atoms with Crippen molar-refractivity contribution in [2.24, 2.45) is 0 Å². The Kier molecular flexibility index (Phi) is 3.30. The van der Waals surface area contributed by atoms with Crippen molar-refractivity contribution >= 4 is 29.3 Å². The van der Waals surface area contributed by atoms with Crippen molar-refractivity contribution in [1.82, 2.24) is 15.3 Å². The first-order valence-corrected chi connectivity index (χ1v) is 6.11. The highest BCUT2D eigenvalue weighted by atomic mass is 35.5. The second-order valence-corrected chi connectivity index (χ2v) is 4.99. The van der Waals surface area contributed by atoms with Gasteiger partial charge in [-0.05, 0) is 13.8 Å². The number of hydrogen-bond donors (Lipinski definition) is 2. The summed E-state index contributed by atoms with van der Waals surface area (Å²) in [7, 11) is 1.74. The van der Waals surface area contributed by atoms with Crippen molar-refractivity contribution in [3.05, 3.63) is 11.2 Å². The molecule has 2 heterocycles. The van der Waals surface area contributed by atoms with Crippen LogP contribution < -0.4 is 15.5 Å². The summed E-state index contributed by atoms with van der Waals surface area (Å²) in [6.07, 6.45) is 1.54. The number of anilines is 2. The van der Waals surface area contributed by atoms with Crippen LogP contribution in [0.5, 0.6) is 0 Å². The number of carbonyl (C=O) groups excluding carboxylic acids is 1. The van der Waals surface area contributed by atoms with Crippen LogP contribution in [0.25, 0.3) is 0 Å². The van der Waals surface area contributed by atoms with Crippen LogP contribution in [-0.4, -0.2) is 41.6 Å². The van der Waals surface area contributed by atoms with E-state index in [1.807, 2.05) is 18.7 Å². The maximum absolute atomic E-state index is 11.9. The van der Waals surface area contributed by atoms with E-state index >= 15 is 0 Å². The van der Waals surface area contributed by atoms with E-state index in [1.165, 1.54) is 6.20 Å². The molecule has 0 aromatic carbocycles. The number of nitrogens with one attached hydrogen (secondary N) is 2. The van der Waals surface area contributed by atoms with Crippen molar-refractivity contribution in [3.63, 3.8) is 0 Å². The van der Waals surface area contributed by atoms with Gasteiger partial charge in [-0.3, -0.25) is 4.79 Å². The highest BCUT2D eigenvalue weighted by Gasteiger charge is 2.39. The van der Waals surface area contributed by atoms with E-state index < -0.39 is 5.54 Å². The first-order valence-electron chi connectivity index (χ1n) is 5.73. The van der Waals surface area contributed by atoms with Gasteiger partial charge in [0.1, 0.15) is 10.6 Å². The van der Waals surface area contributed by atoms with Gasteiger partial charge in [-0.25, -0.2) is 4.98 Å². The monoisotopic (exact) mass is 269 g/mol. The third-order valence-electron chi connectivity index (χ3n) is 3.06. The first kappa shape index (κ1) is 12.9. The van der Waals surface area contributed by atoms with Crippen LogP contribution in [0.2, 0.25) is 5.02 Å². The molecule has 6 nitrogen and oxygen atoms in total. The van der Waals surface area contributed by atoms with Gasteiger partial charge >= 0.3 is 0 Å². The highest BCUT2D eigenvalue weighted by molar-refractivity contribution is 6.33. The molecular formula is C11H16ClN5O. The van der Waals surface area contributed by atoms with Gasteiger partial charge in [-0.15, -0.1) is 0 Å². The van der Waals surface area contributed by atoms with Crippen molar-refractivity contribution in [2.75, 3.05) is 30.4 Å². The third kappa shape index (κ3) is 2.08. The van der Waals surface area contributed by atoms with Crippen LogP contribution in [0.15, 0.2) is 6.20 Å². The average molecular weight is 270 g/mol. The molecule has 1 aromatic rings. The van der Waals surface area contributed by atoms with E-state index in [-0.39, 0.29) is 5.91 Å². The Bertz CT molecular complexity index is 477. The van der Waals surface area contributed by atoms with Gasteiger partial charge in [-0.1, -0.05) is 11.6 Å². The number of nitrogens with zero attached hydrogens (tertiary/aromatic N) is 3. The Morgan fingerprint density at radius 3 is 2.94 bits per heavy atom. The standard InChI is InChI=1S/C11H16ClN5O/c1-11(2)9(18)14-4-5-17(11)8-7(12)6-15-10(13-3)16-8/h6H,4-5H2,1-3H3,(H,14,18)(H,13,15,16). The Balaban J connectivity index is 2.43. The summed E-state index contributed by atoms with van der Waals surface area (Å²) in [4.78, 5) is 22.2. The summed E-state index contributed by atoms with van der Waals surface area (Å²) in [6.45, 7) is 4.94. The lowest BCUT2D eigenvalue weighted by atomic mass is 9.99. The molecule has 0 aliphatic carbocycles. The second-order valence-electron chi connectivity index (χ2n) is 4.58. The molecule has 0 unspecified atom stereocenters. The number of aromatic nitrogens is 2. The molecule has 0 atom stereocenters. The summed E-state index contributed by atoms with van der Waals surface area (Å²) in [5.41, 5.74) is -0.679. The molecule has 7 heteroatoms. The average Bonchev–Trinajstić information content (AvgIpc) is 2.34. The Hall–Kier alpha value is -1.56. The van der Waals surface area contributed by atoms with E-state index in [4.69, 9.17) is 11.6 Å². The summed E-state index contributed by atoms with van der Waals surface area (Å²) in [5, 5.41) is 6.14. The molecule has 0 bridgehead atoms. The molecule has 1 aliphatic heterocycles. The zero-order chi connectivity index (χ0) is 13.3. The smallest absolute Gasteiger partial charge is 0.245 e. The summed E-state index contributed by atoms with van der Waals surface area (Å²) < 4.78 is 0. The minimum absolute atomic E-state index is 0.0329. The highest BCUT2D eigenvalue weighted by Crippen LogP contribution is 2.30.